The van der Waals surface area contributed by atoms with Crippen LogP contribution < -0.4 is 10.1 Å². The number of carbonyl (C=O) groups is 1. The Kier molecular flexibility index (Phi) is 8.76. The second-order valence-corrected chi connectivity index (χ2v) is 12.3. The van der Waals surface area contributed by atoms with Crippen LogP contribution in [0.4, 0.5) is 10.7 Å². The molecule has 0 unspecified atom stereocenters. The molecule has 0 saturated heterocycles. The highest BCUT2D eigenvalue weighted by Gasteiger charge is 2.25. The summed E-state index contributed by atoms with van der Waals surface area (Å²) in [4.78, 5) is 19.6. The molecule has 1 heterocycles. The largest absolute Gasteiger partial charge is 0.487 e. The second kappa shape index (κ2) is 12.4. The van der Waals surface area contributed by atoms with Gasteiger partial charge in [-0.05, 0) is 107 Å². The number of halogens is 2. The summed E-state index contributed by atoms with van der Waals surface area (Å²) in [5.41, 5.74) is 4.83. The number of amides is 1. The Balaban J connectivity index is 1.48. The molecule has 8 heteroatoms. The first-order valence-corrected chi connectivity index (χ1v) is 15.2. The molecule has 0 bridgehead atoms. The summed E-state index contributed by atoms with van der Waals surface area (Å²) in [5, 5.41) is 13.2. The fourth-order valence-corrected chi connectivity index (χ4v) is 7.73. The van der Waals surface area contributed by atoms with E-state index in [1.165, 1.54) is 4.88 Å². The standard InChI is InChI=1S/C30H23I2N3O2S/c31-22-14-21(28(25(32)15-22)37-18-20-9-5-4-8-19(20)16-33)17-34-30-27(24-12-6-7-13-26(24)38-30)29(36)35-23-10-2-1-3-11-23/h1-5,8-11,14-15,17H,6-7,12-13,18H2,(H,35,36). The van der Waals surface area contributed by atoms with Crippen LogP contribution in [0.25, 0.3) is 0 Å². The van der Waals surface area contributed by atoms with Gasteiger partial charge in [-0.25, -0.2) is 4.99 Å². The quantitative estimate of drug-likeness (QED) is 0.153. The van der Waals surface area contributed by atoms with Gasteiger partial charge in [0.25, 0.3) is 5.91 Å². The van der Waals surface area contributed by atoms with Crippen molar-refractivity contribution in [1.82, 2.24) is 0 Å². The van der Waals surface area contributed by atoms with Gasteiger partial charge in [-0.1, -0.05) is 36.4 Å². The molecule has 1 N–H and O–H groups in total. The van der Waals surface area contributed by atoms with E-state index < -0.39 is 0 Å². The first-order valence-electron chi connectivity index (χ1n) is 12.2. The third-order valence-corrected chi connectivity index (χ3v) is 8.90. The second-order valence-electron chi connectivity index (χ2n) is 8.83. The lowest BCUT2D eigenvalue weighted by molar-refractivity contribution is 0.102. The Hall–Kier alpha value is -2.75. The molecule has 0 atom stereocenters. The molecule has 0 radical (unpaired) electrons. The molecule has 4 aromatic rings. The minimum Gasteiger partial charge on any atom is -0.487 e. The topological polar surface area (TPSA) is 74.5 Å². The maximum atomic E-state index is 13.4. The van der Waals surface area contributed by atoms with Crippen LogP contribution in [0.15, 0.2) is 71.7 Å². The van der Waals surface area contributed by atoms with E-state index in [4.69, 9.17) is 9.73 Å². The lowest BCUT2D eigenvalue weighted by Gasteiger charge is -2.13. The third kappa shape index (κ3) is 6.11. The molecule has 0 saturated carbocycles. The molecule has 1 amide bonds. The van der Waals surface area contributed by atoms with E-state index in [1.807, 2.05) is 60.7 Å². The average molecular weight is 743 g/mol. The van der Waals surface area contributed by atoms with Gasteiger partial charge in [-0.15, -0.1) is 11.3 Å². The lowest BCUT2D eigenvalue weighted by atomic mass is 9.95. The minimum absolute atomic E-state index is 0.121. The van der Waals surface area contributed by atoms with Gasteiger partial charge >= 0.3 is 0 Å². The van der Waals surface area contributed by atoms with Crippen molar-refractivity contribution in [2.24, 2.45) is 4.99 Å². The van der Waals surface area contributed by atoms with Gasteiger partial charge in [0.1, 0.15) is 17.4 Å². The number of anilines is 1. The van der Waals surface area contributed by atoms with Crippen LogP contribution in [0.3, 0.4) is 0 Å². The first kappa shape index (κ1) is 26.8. The molecule has 0 fully saturated rings. The predicted molar refractivity (Wildman–Crippen MR) is 170 cm³/mol. The zero-order chi connectivity index (χ0) is 26.5. The SMILES string of the molecule is N#Cc1ccccc1COc1c(I)cc(I)cc1C=Nc1sc2c(c1C(=O)Nc1ccccc1)CCCC2. The van der Waals surface area contributed by atoms with Crippen molar-refractivity contribution in [1.29, 1.82) is 5.26 Å². The number of hydrogen-bond donors (Lipinski definition) is 1. The van der Waals surface area contributed by atoms with Gasteiger partial charge < -0.3 is 10.1 Å². The molecule has 3 aromatic carbocycles. The fraction of sp³-hybridized carbons (Fsp3) is 0.167. The monoisotopic (exact) mass is 743 g/mol. The fourth-order valence-electron chi connectivity index (χ4n) is 4.45. The maximum absolute atomic E-state index is 13.4. The van der Waals surface area contributed by atoms with E-state index >= 15 is 0 Å². The van der Waals surface area contributed by atoms with Crippen LogP contribution in [0, 0.1) is 18.5 Å². The van der Waals surface area contributed by atoms with Crippen LogP contribution in [0.5, 0.6) is 5.75 Å². The normalized spacial score (nSPS) is 12.7. The molecule has 1 aliphatic carbocycles. The Bertz CT molecular complexity index is 1560. The number of aryl methyl sites for hydroxylation is 1. The highest BCUT2D eigenvalue weighted by atomic mass is 127. The summed E-state index contributed by atoms with van der Waals surface area (Å²) in [6, 6.07) is 23.3. The first-order chi connectivity index (χ1) is 18.5. The molecule has 0 spiro atoms. The molecule has 5 nitrogen and oxygen atoms in total. The van der Waals surface area contributed by atoms with Crippen LogP contribution in [-0.2, 0) is 19.4 Å². The number of rotatable bonds is 7. The Morgan fingerprint density at radius 1 is 1.08 bits per heavy atom. The van der Waals surface area contributed by atoms with Crippen molar-refractivity contribution in [2.75, 3.05) is 5.32 Å². The number of ether oxygens (including phenoxy) is 1. The van der Waals surface area contributed by atoms with E-state index in [1.54, 1.807) is 23.6 Å². The number of thiophene rings is 1. The van der Waals surface area contributed by atoms with Gasteiger partial charge in [-0.3, -0.25) is 4.79 Å². The summed E-state index contributed by atoms with van der Waals surface area (Å²) < 4.78 is 8.27. The number of carbonyl (C=O) groups excluding carboxylic acids is 1. The van der Waals surface area contributed by atoms with Crippen molar-refractivity contribution in [2.45, 2.75) is 32.3 Å². The zero-order valence-corrected chi connectivity index (χ0v) is 25.5. The maximum Gasteiger partial charge on any atom is 0.259 e. The molecular formula is C30H23I2N3O2S. The van der Waals surface area contributed by atoms with Crippen molar-refractivity contribution < 1.29 is 9.53 Å². The summed E-state index contributed by atoms with van der Waals surface area (Å²) in [7, 11) is 0. The Labute approximate surface area is 253 Å². The van der Waals surface area contributed by atoms with Gasteiger partial charge in [0.15, 0.2) is 0 Å². The summed E-state index contributed by atoms with van der Waals surface area (Å²) in [6.07, 6.45) is 5.89. The summed E-state index contributed by atoms with van der Waals surface area (Å²) >= 11 is 6.16. The number of nitrogens with one attached hydrogen (secondary N) is 1. The van der Waals surface area contributed by atoms with Crippen molar-refractivity contribution >= 4 is 79.3 Å². The van der Waals surface area contributed by atoms with Crippen LogP contribution in [-0.4, -0.2) is 12.1 Å². The molecule has 5 rings (SSSR count). The van der Waals surface area contributed by atoms with E-state index in [2.05, 4.69) is 56.6 Å². The number of nitriles is 1. The number of para-hydroxylation sites is 1. The highest BCUT2D eigenvalue weighted by Crippen LogP contribution is 2.40. The van der Waals surface area contributed by atoms with E-state index in [0.717, 1.165) is 60.2 Å². The molecule has 1 aliphatic rings. The van der Waals surface area contributed by atoms with Crippen LogP contribution in [0.1, 0.15) is 50.3 Å². The van der Waals surface area contributed by atoms with Crippen LogP contribution >= 0.6 is 56.5 Å². The lowest BCUT2D eigenvalue weighted by Crippen LogP contribution is -2.14. The molecule has 1 aromatic heterocycles. The summed E-state index contributed by atoms with van der Waals surface area (Å²) in [5.74, 6) is 0.587. The number of hydrogen-bond acceptors (Lipinski definition) is 5. The number of benzene rings is 3. The van der Waals surface area contributed by atoms with E-state index in [0.29, 0.717) is 16.9 Å². The van der Waals surface area contributed by atoms with E-state index in [-0.39, 0.29) is 12.5 Å². The minimum atomic E-state index is -0.121. The molecule has 0 aliphatic heterocycles. The average Bonchev–Trinajstić information content (AvgIpc) is 3.30. The van der Waals surface area contributed by atoms with Crippen LogP contribution in [0.2, 0.25) is 0 Å². The van der Waals surface area contributed by atoms with Crippen molar-refractivity contribution in [3.05, 3.63) is 107 Å². The number of aliphatic imine (C=N–C) groups is 1. The Morgan fingerprint density at radius 3 is 2.66 bits per heavy atom. The molecule has 38 heavy (non-hydrogen) atoms. The van der Waals surface area contributed by atoms with Crippen molar-refractivity contribution in [3.8, 4) is 11.8 Å². The van der Waals surface area contributed by atoms with Crippen molar-refractivity contribution in [3.63, 3.8) is 0 Å². The smallest absolute Gasteiger partial charge is 0.259 e. The van der Waals surface area contributed by atoms with Gasteiger partial charge in [-0.2, -0.15) is 5.26 Å². The summed E-state index contributed by atoms with van der Waals surface area (Å²) in [6.45, 7) is 0.277. The van der Waals surface area contributed by atoms with Gasteiger partial charge in [0.2, 0.25) is 0 Å². The highest BCUT2D eigenvalue weighted by molar-refractivity contribution is 14.1. The third-order valence-electron chi connectivity index (χ3n) is 6.28. The predicted octanol–water partition coefficient (Wildman–Crippen LogP) is 8.29. The zero-order valence-electron chi connectivity index (χ0n) is 20.3. The van der Waals surface area contributed by atoms with Gasteiger partial charge in [0, 0.05) is 31.5 Å². The number of nitrogens with zero attached hydrogens (tertiary/aromatic N) is 2. The number of fused-ring (bicyclic) bond motifs is 1. The van der Waals surface area contributed by atoms with Gasteiger partial charge in [0.05, 0.1) is 20.8 Å². The molecule has 190 valence electrons. The molecular weight excluding hydrogens is 720 g/mol. The Morgan fingerprint density at radius 2 is 1.84 bits per heavy atom. The van der Waals surface area contributed by atoms with E-state index in [9.17, 15) is 10.1 Å².